The predicted octanol–water partition coefficient (Wildman–Crippen LogP) is 2.60. The van der Waals surface area contributed by atoms with Gasteiger partial charge < -0.3 is 4.74 Å². The van der Waals surface area contributed by atoms with Crippen molar-refractivity contribution in [2.75, 3.05) is 6.23 Å². The van der Waals surface area contributed by atoms with Gasteiger partial charge in [0.2, 0.25) is 0 Å². The Balaban J connectivity index is 3.63. The van der Waals surface area contributed by atoms with Gasteiger partial charge in [-0.1, -0.05) is 38.9 Å². The van der Waals surface area contributed by atoms with Crippen molar-refractivity contribution >= 4 is 14.0 Å². The molecule has 0 radical (unpaired) electrons. The van der Waals surface area contributed by atoms with E-state index in [1.807, 2.05) is 0 Å². The molecule has 0 fully saturated rings. The lowest BCUT2D eigenvalue weighted by molar-refractivity contribution is -0.139. The van der Waals surface area contributed by atoms with Crippen LogP contribution in [0.4, 0.5) is 0 Å². The van der Waals surface area contributed by atoms with Crippen LogP contribution in [-0.4, -0.2) is 20.3 Å². The van der Waals surface area contributed by atoms with Crippen molar-refractivity contribution in [3.05, 3.63) is 0 Å². The summed E-state index contributed by atoms with van der Waals surface area (Å²) in [5, 5.41) is 0. The molecule has 0 atom stereocenters. The average Bonchev–Trinajstić information content (AvgIpc) is 1.98. The van der Waals surface area contributed by atoms with E-state index in [9.17, 15) is 4.79 Å². The number of hydrogen-bond acceptors (Lipinski definition) is 2. The maximum atomic E-state index is 10.6. The molecule has 0 amide bonds. The smallest absolute Gasteiger partial charge is 0.302 e. The average molecular weight is 188 g/mol. The second-order valence-corrected chi connectivity index (χ2v) is 9.17. The Morgan fingerprint density at radius 2 is 2.00 bits per heavy atom. The molecule has 0 aromatic carbocycles. The SMILES string of the molecule is CCCC[Si](C)(C)COC(C)=O. The topological polar surface area (TPSA) is 26.3 Å². The molecule has 12 heavy (non-hydrogen) atoms. The van der Waals surface area contributed by atoms with E-state index in [1.54, 1.807) is 0 Å². The normalized spacial score (nSPS) is 11.3. The highest BCUT2D eigenvalue weighted by molar-refractivity contribution is 6.77. The van der Waals surface area contributed by atoms with Gasteiger partial charge in [-0.2, -0.15) is 0 Å². The molecule has 0 rings (SSSR count). The number of carbonyl (C=O) groups is 1. The second kappa shape index (κ2) is 5.35. The van der Waals surface area contributed by atoms with Gasteiger partial charge in [-0.25, -0.2) is 0 Å². The minimum atomic E-state index is -1.23. The number of esters is 1. The van der Waals surface area contributed by atoms with E-state index in [0.717, 1.165) is 0 Å². The third-order valence-corrected chi connectivity index (χ3v) is 4.51. The first-order valence-corrected chi connectivity index (χ1v) is 8.03. The van der Waals surface area contributed by atoms with Crippen molar-refractivity contribution in [1.82, 2.24) is 0 Å². The first-order chi connectivity index (χ1) is 5.48. The Morgan fingerprint density at radius 3 is 2.42 bits per heavy atom. The van der Waals surface area contributed by atoms with Crippen LogP contribution >= 0.6 is 0 Å². The summed E-state index contributed by atoms with van der Waals surface area (Å²) in [6.45, 7) is 8.21. The molecular formula is C9H20O2Si. The van der Waals surface area contributed by atoms with Crippen LogP contribution in [-0.2, 0) is 9.53 Å². The highest BCUT2D eigenvalue weighted by atomic mass is 28.3. The molecule has 0 heterocycles. The van der Waals surface area contributed by atoms with Gasteiger partial charge in [0, 0.05) is 6.92 Å². The van der Waals surface area contributed by atoms with E-state index in [-0.39, 0.29) is 5.97 Å². The lowest BCUT2D eigenvalue weighted by Gasteiger charge is -2.20. The van der Waals surface area contributed by atoms with Gasteiger partial charge >= 0.3 is 5.97 Å². The standard InChI is InChI=1S/C9H20O2Si/c1-5-6-7-12(3,4)8-11-9(2)10/h5-8H2,1-4H3. The van der Waals surface area contributed by atoms with Crippen molar-refractivity contribution in [1.29, 1.82) is 0 Å². The first-order valence-electron chi connectivity index (χ1n) is 4.61. The van der Waals surface area contributed by atoms with Crippen molar-refractivity contribution in [3.8, 4) is 0 Å². The third-order valence-electron chi connectivity index (χ3n) is 1.87. The van der Waals surface area contributed by atoms with Crippen LogP contribution in [0.25, 0.3) is 0 Å². The Hall–Kier alpha value is -0.313. The number of carbonyl (C=O) groups excluding carboxylic acids is 1. The van der Waals surface area contributed by atoms with Crippen LogP contribution in [0.3, 0.4) is 0 Å². The molecule has 2 nitrogen and oxygen atoms in total. The van der Waals surface area contributed by atoms with Gasteiger partial charge in [0.05, 0.1) is 14.3 Å². The molecule has 0 spiro atoms. The fraction of sp³-hybridized carbons (Fsp3) is 0.889. The van der Waals surface area contributed by atoms with E-state index in [1.165, 1.54) is 25.8 Å². The molecule has 0 aliphatic carbocycles. The molecule has 0 unspecified atom stereocenters. The predicted molar refractivity (Wildman–Crippen MR) is 53.8 cm³/mol. The monoisotopic (exact) mass is 188 g/mol. The highest BCUT2D eigenvalue weighted by Crippen LogP contribution is 2.13. The van der Waals surface area contributed by atoms with Crippen LogP contribution < -0.4 is 0 Å². The van der Waals surface area contributed by atoms with Crippen molar-refractivity contribution in [2.45, 2.75) is 45.8 Å². The highest BCUT2D eigenvalue weighted by Gasteiger charge is 2.21. The van der Waals surface area contributed by atoms with E-state index in [2.05, 4.69) is 20.0 Å². The van der Waals surface area contributed by atoms with E-state index < -0.39 is 8.07 Å². The largest absolute Gasteiger partial charge is 0.470 e. The number of rotatable bonds is 5. The fourth-order valence-corrected chi connectivity index (χ4v) is 3.07. The lowest BCUT2D eigenvalue weighted by atomic mass is 10.4. The van der Waals surface area contributed by atoms with E-state index in [0.29, 0.717) is 6.23 Å². The third kappa shape index (κ3) is 6.40. The number of ether oxygens (including phenoxy) is 1. The van der Waals surface area contributed by atoms with Gasteiger partial charge in [0.25, 0.3) is 0 Å². The van der Waals surface area contributed by atoms with Crippen molar-refractivity contribution in [2.24, 2.45) is 0 Å². The minimum absolute atomic E-state index is 0.146. The van der Waals surface area contributed by atoms with Crippen LogP contribution in [0.1, 0.15) is 26.7 Å². The molecule has 0 bridgehead atoms. The zero-order valence-electron chi connectivity index (χ0n) is 8.64. The van der Waals surface area contributed by atoms with Crippen LogP contribution in [0.15, 0.2) is 0 Å². The number of hydrogen-bond donors (Lipinski definition) is 0. The zero-order chi connectivity index (χ0) is 9.61. The second-order valence-electron chi connectivity index (χ2n) is 4.05. The minimum Gasteiger partial charge on any atom is -0.470 e. The molecule has 0 saturated carbocycles. The molecule has 3 heteroatoms. The quantitative estimate of drug-likeness (QED) is 0.489. The summed E-state index contributed by atoms with van der Waals surface area (Å²) in [5.74, 6) is -0.146. The summed E-state index contributed by atoms with van der Waals surface area (Å²) in [6.07, 6.45) is 3.18. The molecule has 0 aliphatic heterocycles. The molecule has 0 aliphatic rings. The maximum absolute atomic E-state index is 10.6. The molecule has 0 aromatic heterocycles. The van der Waals surface area contributed by atoms with Crippen LogP contribution in [0.2, 0.25) is 19.1 Å². The van der Waals surface area contributed by atoms with Gasteiger partial charge in [-0.05, 0) is 0 Å². The summed E-state index contributed by atoms with van der Waals surface area (Å²) >= 11 is 0. The molecule has 72 valence electrons. The Morgan fingerprint density at radius 1 is 1.42 bits per heavy atom. The van der Waals surface area contributed by atoms with Crippen LogP contribution in [0.5, 0.6) is 0 Å². The summed E-state index contributed by atoms with van der Waals surface area (Å²) in [7, 11) is -1.23. The van der Waals surface area contributed by atoms with Gasteiger partial charge in [-0.15, -0.1) is 0 Å². The van der Waals surface area contributed by atoms with E-state index in [4.69, 9.17) is 4.74 Å². The van der Waals surface area contributed by atoms with Gasteiger partial charge in [-0.3, -0.25) is 4.79 Å². The fourth-order valence-electron chi connectivity index (χ4n) is 1.02. The molecular weight excluding hydrogens is 168 g/mol. The van der Waals surface area contributed by atoms with Crippen molar-refractivity contribution in [3.63, 3.8) is 0 Å². The first kappa shape index (κ1) is 11.7. The van der Waals surface area contributed by atoms with E-state index >= 15 is 0 Å². The summed E-state index contributed by atoms with van der Waals surface area (Å²) in [4.78, 5) is 10.6. The molecule has 0 aromatic rings. The maximum Gasteiger partial charge on any atom is 0.302 e. The summed E-state index contributed by atoms with van der Waals surface area (Å²) < 4.78 is 5.03. The van der Waals surface area contributed by atoms with Crippen molar-refractivity contribution < 1.29 is 9.53 Å². The molecule has 0 saturated heterocycles. The van der Waals surface area contributed by atoms with Gasteiger partial charge in [0.1, 0.15) is 0 Å². The Labute approximate surface area is 76.3 Å². The Kier molecular flexibility index (Phi) is 5.21. The summed E-state index contributed by atoms with van der Waals surface area (Å²) in [5.41, 5.74) is 0. The van der Waals surface area contributed by atoms with Crippen LogP contribution in [0, 0.1) is 0 Å². The number of unbranched alkanes of at least 4 members (excludes halogenated alkanes) is 1. The lowest BCUT2D eigenvalue weighted by Crippen LogP contribution is -2.33. The summed E-state index contributed by atoms with van der Waals surface area (Å²) in [6, 6.07) is 1.26. The zero-order valence-corrected chi connectivity index (χ0v) is 9.64. The Bertz CT molecular complexity index is 143. The van der Waals surface area contributed by atoms with Gasteiger partial charge in [0.15, 0.2) is 0 Å². The molecule has 0 N–H and O–H groups in total.